The van der Waals surface area contributed by atoms with E-state index in [9.17, 15) is 17.6 Å². The van der Waals surface area contributed by atoms with Crippen LogP contribution >= 0.6 is 0 Å². The molecule has 16 heavy (non-hydrogen) atoms. The molecule has 0 fully saturated rings. The van der Waals surface area contributed by atoms with Gasteiger partial charge < -0.3 is 4.52 Å². The lowest BCUT2D eigenvalue weighted by atomic mass is 10.3. The van der Waals surface area contributed by atoms with Crippen molar-refractivity contribution in [2.75, 3.05) is 0 Å². The van der Waals surface area contributed by atoms with E-state index in [1.165, 1.54) is 0 Å². The van der Waals surface area contributed by atoms with E-state index < -0.39 is 17.9 Å². The summed E-state index contributed by atoms with van der Waals surface area (Å²) in [6, 6.07) is 0.956. The molecule has 2 rings (SSSR count). The number of hydrogen-bond donors (Lipinski definition) is 0. The van der Waals surface area contributed by atoms with Crippen LogP contribution in [0.5, 0.6) is 0 Å². The third-order valence-corrected chi connectivity index (χ3v) is 1.63. The minimum absolute atomic E-state index is 0.0132. The van der Waals surface area contributed by atoms with Crippen LogP contribution in [0.15, 0.2) is 23.0 Å². The first-order valence-electron chi connectivity index (χ1n) is 3.98. The van der Waals surface area contributed by atoms with Crippen molar-refractivity contribution in [2.24, 2.45) is 0 Å². The van der Waals surface area contributed by atoms with Gasteiger partial charge in [0, 0.05) is 11.8 Å². The maximum Gasteiger partial charge on any atom is 0.471 e. The zero-order valence-electron chi connectivity index (χ0n) is 7.49. The van der Waals surface area contributed by atoms with Crippen LogP contribution in [0.25, 0.3) is 11.4 Å². The standard InChI is InChI=1S/C8H3F4N3O/c9-5-1-4(2-13-3-5)6-14-7(16-15-6)8(10,11)12/h1-3H. The van der Waals surface area contributed by atoms with Crippen LogP contribution in [0.4, 0.5) is 17.6 Å². The van der Waals surface area contributed by atoms with Gasteiger partial charge >= 0.3 is 12.1 Å². The summed E-state index contributed by atoms with van der Waals surface area (Å²) in [6.45, 7) is 0. The Morgan fingerprint density at radius 3 is 2.50 bits per heavy atom. The average molecular weight is 233 g/mol. The van der Waals surface area contributed by atoms with Crippen LogP contribution in [-0.2, 0) is 6.18 Å². The summed E-state index contributed by atoms with van der Waals surface area (Å²) in [5.41, 5.74) is 0.0132. The van der Waals surface area contributed by atoms with Crippen LogP contribution in [0, 0.1) is 5.82 Å². The largest absolute Gasteiger partial charge is 0.471 e. The number of rotatable bonds is 1. The summed E-state index contributed by atoms with van der Waals surface area (Å²) in [6.07, 6.45) is -2.67. The van der Waals surface area contributed by atoms with Crippen molar-refractivity contribution in [1.29, 1.82) is 0 Å². The molecular weight excluding hydrogens is 230 g/mol. The van der Waals surface area contributed by atoms with Gasteiger partial charge in [0.2, 0.25) is 5.82 Å². The second kappa shape index (κ2) is 3.54. The van der Waals surface area contributed by atoms with Crippen LogP contribution in [0.3, 0.4) is 0 Å². The highest BCUT2D eigenvalue weighted by atomic mass is 19.4. The third-order valence-electron chi connectivity index (χ3n) is 1.63. The smallest absolute Gasteiger partial charge is 0.329 e. The predicted octanol–water partition coefficient (Wildman–Crippen LogP) is 2.29. The first-order valence-corrected chi connectivity index (χ1v) is 3.98. The molecular formula is C8H3F4N3O. The van der Waals surface area contributed by atoms with E-state index >= 15 is 0 Å². The summed E-state index contributed by atoms with van der Waals surface area (Å²) in [4.78, 5) is 6.54. The first kappa shape index (κ1) is 10.5. The Balaban J connectivity index is 2.39. The molecule has 2 aromatic heterocycles. The van der Waals surface area contributed by atoms with E-state index in [0.717, 1.165) is 18.5 Å². The molecule has 0 aliphatic heterocycles. The van der Waals surface area contributed by atoms with Gasteiger partial charge in [-0.3, -0.25) is 4.98 Å². The second-order valence-corrected chi connectivity index (χ2v) is 2.81. The van der Waals surface area contributed by atoms with Gasteiger partial charge in [-0.05, 0) is 6.07 Å². The number of hydrogen-bond acceptors (Lipinski definition) is 4. The van der Waals surface area contributed by atoms with E-state index in [4.69, 9.17) is 0 Å². The Kier molecular flexibility index (Phi) is 2.33. The van der Waals surface area contributed by atoms with Gasteiger partial charge in [0.05, 0.1) is 6.20 Å². The number of halogens is 4. The van der Waals surface area contributed by atoms with E-state index in [1.54, 1.807) is 0 Å². The molecule has 0 aromatic carbocycles. The minimum Gasteiger partial charge on any atom is -0.329 e. The van der Waals surface area contributed by atoms with Gasteiger partial charge in [-0.2, -0.15) is 18.2 Å². The lowest BCUT2D eigenvalue weighted by Crippen LogP contribution is -2.04. The van der Waals surface area contributed by atoms with Crippen molar-refractivity contribution < 1.29 is 22.1 Å². The van der Waals surface area contributed by atoms with E-state index in [-0.39, 0.29) is 11.4 Å². The summed E-state index contributed by atoms with van der Waals surface area (Å²) in [7, 11) is 0. The topological polar surface area (TPSA) is 51.8 Å². The quantitative estimate of drug-likeness (QED) is 0.709. The molecule has 4 nitrogen and oxygen atoms in total. The molecule has 0 bridgehead atoms. The highest BCUT2D eigenvalue weighted by molar-refractivity contribution is 5.52. The molecule has 0 N–H and O–H groups in total. The predicted molar refractivity (Wildman–Crippen MR) is 42.5 cm³/mol. The lowest BCUT2D eigenvalue weighted by Gasteiger charge is -1.96. The van der Waals surface area contributed by atoms with Crippen LogP contribution in [0.1, 0.15) is 5.89 Å². The second-order valence-electron chi connectivity index (χ2n) is 2.81. The van der Waals surface area contributed by atoms with Crippen molar-refractivity contribution in [3.63, 3.8) is 0 Å². The van der Waals surface area contributed by atoms with Crippen molar-refractivity contribution in [1.82, 2.24) is 15.1 Å². The Morgan fingerprint density at radius 1 is 1.19 bits per heavy atom. The Bertz CT molecular complexity index is 508. The van der Waals surface area contributed by atoms with E-state index in [1.807, 2.05) is 0 Å². The zero-order valence-corrected chi connectivity index (χ0v) is 7.49. The number of nitrogens with zero attached hydrogens (tertiary/aromatic N) is 3. The Hall–Kier alpha value is -1.99. The molecule has 0 aliphatic rings. The molecule has 0 spiro atoms. The summed E-state index contributed by atoms with van der Waals surface area (Å²) >= 11 is 0. The Morgan fingerprint density at radius 2 is 1.94 bits per heavy atom. The van der Waals surface area contributed by atoms with Crippen LogP contribution in [-0.4, -0.2) is 15.1 Å². The first-order chi connectivity index (χ1) is 7.47. The van der Waals surface area contributed by atoms with E-state index in [2.05, 4.69) is 19.6 Å². The van der Waals surface area contributed by atoms with Crippen molar-refractivity contribution in [3.8, 4) is 11.4 Å². The van der Waals surface area contributed by atoms with Gasteiger partial charge in [0.15, 0.2) is 0 Å². The van der Waals surface area contributed by atoms with Gasteiger partial charge in [0.1, 0.15) is 5.82 Å². The molecule has 84 valence electrons. The fourth-order valence-electron chi connectivity index (χ4n) is 0.990. The number of pyridine rings is 1. The van der Waals surface area contributed by atoms with Gasteiger partial charge in [-0.25, -0.2) is 4.39 Å². The molecule has 0 saturated carbocycles. The average Bonchev–Trinajstić information content (AvgIpc) is 2.65. The molecule has 2 heterocycles. The van der Waals surface area contributed by atoms with Crippen LogP contribution in [0.2, 0.25) is 0 Å². The van der Waals surface area contributed by atoms with Crippen LogP contribution < -0.4 is 0 Å². The molecule has 0 unspecified atom stereocenters. The minimum atomic E-state index is -4.72. The van der Waals surface area contributed by atoms with Crippen molar-refractivity contribution in [2.45, 2.75) is 6.18 Å². The number of alkyl halides is 3. The zero-order chi connectivity index (χ0) is 11.8. The monoisotopic (exact) mass is 233 g/mol. The highest BCUT2D eigenvalue weighted by Crippen LogP contribution is 2.29. The van der Waals surface area contributed by atoms with Gasteiger partial charge in [-0.15, -0.1) is 0 Å². The SMILES string of the molecule is Fc1cncc(-c2noc(C(F)(F)F)n2)c1. The molecule has 0 radical (unpaired) electrons. The molecule has 0 atom stereocenters. The summed E-state index contributed by atoms with van der Waals surface area (Å²) in [5, 5.41) is 3.08. The summed E-state index contributed by atoms with van der Waals surface area (Å²) < 4.78 is 53.0. The maximum absolute atomic E-state index is 12.7. The lowest BCUT2D eigenvalue weighted by molar-refractivity contribution is -0.159. The van der Waals surface area contributed by atoms with Gasteiger partial charge in [0.25, 0.3) is 0 Å². The normalized spacial score (nSPS) is 11.8. The van der Waals surface area contributed by atoms with E-state index in [0.29, 0.717) is 0 Å². The molecule has 0 saturated heterocycles. The maximum atomic E-state index is 12.7. The highest BCUT2D eigenvalue weighted by Gasteiger charge is 2.38. The molecule has 2 aromatic rings. The van der Waals surface area contributed by atoms with Crippen molar-refractivity contribution >= 4 is 0 Å². The fraction of sp³-hybridized carbons (Fsp3) is 0.125. The molecule has 0 amide bonds. The van der Waals surface area contributed by atoms with Crippen molar-refractivity contribution in [3.05, 3.63) is 30.2 Å². The third kappa shape index (κ3) is 2.00. The summed E-state index contributed by atoms with van der Waals surface area (Å²) in [5.74, 6) is -2.54. The Labute approximate surface area is 85.9 Å². The fourth-order valence-corrected chi connectivity index (χ4v) is 0.990. The molecule has 8 heteroatoms. The number of aromatic nitrogens is 3. The molecule has 0 aliphatic carbocycles. The van der Waals surface area contributed by atoms with Gasteiger partial charge in [-0.1, -0.05) is 5.16 Å².